The number of anilines is 1. The molecule has 0 spiro atoms. The zero-order valence-electron chi connectivity index (χ0n) is 11.9. The predicted octanol–water partition coefficient (Wildman–Crippen LogP) is 3.26. The van der Waals surface area contributed by atoms with Gasteiger partial charge in [-0.2, -0.15) is 0 Å². The first-order valence-electron chi connectivity index (χ1n) is 6.77. The van der Waals surface area contributed by atoms with Gasteiger partial charge in [-0.05, 0) is 37.5 Å². The Morgan fingerprint density at radius 1 is 1.37 bits per heavy atom. The van der Waals surface area contributed by atoms with Gasteiger partial charge >= 0.3 is 5.97 Å². The molecule has 4 heteroatoms. The molecule has 0 aliphatic heterocycles. The largest absolute Gasteiger partial charge is 0.493 e. The fraction of sp³-hybridized carbons (Fsp3) is 0.533. The first-order valence-corrected chi connectivity index (χ1v) is 6.77. The van der Waals surface area contributed by atoms with E-state index < -0.39 is 5.97 Å². The van der Waals surface area contributed by atoms with Crippen molar-refractivity contribution in [2.24, 2.45) is 5.92 Å². The molecule has 0 bridgehead atoms. The van der Waals surface area contributed by atoms with Gasteiger partial charge in [0.1, 0.15) is 5.75 Å². The average Bonchev–Trinajstić information content (AvgIpc) is 2.38. The van der Waals surface area contributed by atoms with Crippen LogP contribution < -0.4 is 10.5 Å². The summed E-state index contributed by atoms with van der Waals surface area (Å²) in [6.07, 6.45) is 2.26. The second kappa shape index (κ2) is 7.67. The van der Waals surface area contributed by atoms with E-state index in [4.69, 9.17) is 15.2 Å². The van der Waals surface area contributed by atoms with Crippen molar-refractivity contribution in [3.05, 3.63) is 23.8 Å². The summed E-state index contributed by atoms with van der Waals surface area (Å²) in [6.45, 7) is 7.03. The highest BCUT2D eigenvalue weighted by atomic mass is 16.5. The van der Waals surface area contributed by atoms with E-state index in [1.807, 2.05) is 0 Å². The number of esters is 1. The van der Waals surface area contributed by atoms with Crippen LogP contribution >= 0.6 is 0 Å². The number of carbonyl (C=O) groups is 1. The fourth-order valence-electron chi connectivity index (χ4n) is 1.83. The zero-order valence-corrected chi connectivity index (χ0v) is 11.9. The van der Waals surface area contributed by atoms with Gasteiger partial charge in [-0.3, -0.25) is 0 Å². The average molecular weight is 265 g/mol. The highest BCUT2D eigenvalue weighted by Gasteiger charge is 2.12. The van der Waals surface area contributed by atoms with Gasteiger partial charge in [0.15, 0.2) is 0 Å². The molecule has 0 saturated heterocycles. The molecule has 0 saturated carbocycles. The quantitative estimate of drug-likeness (QED) is 0.607. The molecule has 0 aliphatic carbocycles. The summed E-state index contributed by atoms with van der Waals surface area (Å²) in [6, 6.07) is 5.09. The molecule has 2 N–H and O–H groups in total. The Bertz CT molecular complexity index is 418. The number of hydrogen-bond donors (Lipinski definition) is 1. The minimum Gasteiger partial charge on any atom is -0.493 e. The Morgan fingerprint density at radius 2 is 2.11 bits per heavy atom. The maximum absolute atomic E-state index is 11.7. The standard InChI is InChI=1S/C15H23NO3/c1-4-6-11(3)10-19-12-7-8-14(16)13(9-12)15(17)18-5-2/h7-9,11H,4-6,10,16H2,1-3H3. The lowest BCUT2D eigenvalue weighted by molar-refractivity contribution is 0.0527. The van der Waals surface area contributed by atoms with E-state index in [0.717, 1.165) is 12.8 Å². The van der Waals surface area contributed by atoms with E-state index in [2.05, 4.69) is 13.8 Å². The van der Waals surface area contributed by atoms with E-state index in [9.17, 15) is 4.79 Å². The van der Waals surface area contributed by atoms with Crippen LogP contribution in [0.4, 0.5) is 5.69 Å². The van der Waals surface area contributed by atoms with Crippen molar-refractivity contribution in [2.45, 2.75) is 33.6 Å². The van der Waals surface area contributed by atoms with Crippen LogP contribution in [-0.4, -0.2) is 19.2 Å². The third-order valence-corrected chi connectivity index (χ3v) is 2.84. The van der Waals surface area contributed by atoms with Crippen LogP contribution in [0.5, 0.6) is 5.75 Å². The second-order valence-corrected chi connectivity index (χ2v) is 4.67. The molecule has 1 rings (SSSR count). The number of benzene rings is 1. The van der Waals surface area contributed by atoms with Crippen LogP contribution in [0.15, 0.2) is 18.2 Å². The molecule has 0 radical (unpaired) electrons. The maximum Gasteiger partial charge on any atom is 0.340 e. The lowest BCUT2D eigenvalue weighted by Crippen LogP contribution is -2.11. The molecular weight excluding hydrogens is 242 g/mol. The summed E-state index contributed by atoms with van der Waals surface area (Å²) < 4.78 is 10.6. The number of nitrogen functional groups attached to an aromatic ring is 1. The monoisotopic (exact) mass is 265 g/mol. The van der Waals surface area contributed by atoms with Crippen molar-refractivity contribution < 1.29 is 14.3 Å². The number of rotatable bonds is 7. The topological polar surface area (TPSA) is 61.5 Å². The number of nitrogens with two attached hydrogens (primary N) is 1. The predicted molar refractivity (Wildman–Crippen MR) is 76.4 cm³/mol. The molecule has 0 aliphatic rings. The molecule has 19 heavy (non-hydrogen) atoms. The molecule has 1 unspecified atom stereocenters. The summed E-state index contributed by atoms with van der Waals surface area (Å²) in [5, 5.41) is 0. The van der Waals surface area contributed by atoms with Crippen LogP contribution in [0.25, 0.3) is 0 Å². The third kappa shape index (κ3) is 4.81. The Balaban J connectivity index is 2.70. The molecule has 0 heterocycles. The number of hydrogen-bond acceptors (Lipinski definition) is 4. The summed E-state index contributed by atoms with van der Waals surface area (Å²) >= 11 is 0. The molecule has 1 atom stereocenters. The highest BCUT2D eigenvalue weighted by molar-refractivity contribution is 5.95. The minimum atomic E-state index is -0.410. The summed E-state index contributed by atoms with van der Waals surface area (Å²) in [7, 11) is 0. The van der Waals surface area contributed by atoms with Crippen molar-refractivity contribution in [3.63, 3.8) is 0 Å². The van der Waals surface area contributed by atoms with Gasteiger partial charge in [0.05, 0.1) is 18.8 Å². The molecule has 1 aromatic carbocycles. The molecule has 0 amide bonds. The van der Waals surface area contributed by atoms with Crippen LogP contribution in [0.3, 0.4) is 0 Å². The molecule has 0 aromatic heterocycles. The normalized spacial score (nSPS) is 11.9. The molecule has 1 aromatic rings. The second-order valence-electron chi connectivity index (χ2n) is 4.67. The lowest BCUT2D eigenvalue weighted by Gasteiger charge is -2.13. The van der Waals surface area contributed by atoms with Gasteiger partial charge in [-0.1, -0.05) is 20.3 Å². The van der Waals surface area contributed by atoms with Gasteiger partial charge in [0.2, 0.25) is 0 Å². The van der Waals surface area contributed by atoms with Gasteiger partial charge in [-0.25, -0.2) is 4.79 Å². The van der Waals surface area contributed by atoms with Crippen LogP contribution in [-0.2, 0) is 4.74 Å². The first kappa shape index (κ1) is 15.3. The van der Waals surface area contributed by atoms with E-state index in [0.29, 0.717) is 36.1 Å². The Kier molecular flexibility index (Phi) is 6.19. The Labute approximate surface area is 114 Å². The van der Waals surface area contributed by atoms with Crippen molar-refractivity contribution in [1.29, 1.82) is 0 Å². The SMILES string of the molecule is CCCC(C)COc1ccc(N)c(C(=O)OCC)c1. The zero-order chi connectivity index (χ0) is 14.3. The number of carbonyl (C=O) groups excluding carboxylic acids is 1. The van der Waals surface area contributed by atoms with Gasteiger partial charge in [0.25, 0.3) is 0 Å². The van der Waals surface area contributed by atoms with E-state index in [1.165, 1.54) is 0 Å². The van der Waals surface area contributed by atoms with Gasteiger partial charge < -0.3 is 15.2 Å². The summed E-state index contributed by atoms with van der Waals surface area (Å²) in [4.78, 5) is 11.7. The van der Waals surface area contributed by atoms with Crippen molar-refractivity contribution >= 4 is 11.7 Å². The van der Waals surface area contributed by atoms with Gasteiger partial charge in [-0.15, -0.1) is 0 Å². The first-order chi connectivity index (χ1) is 9.08. The third-order valence-electron chi connectivity index (χ3n) is 2.84. The molecule has 4 nitrogen and oxygen atoms in total. The van der Waals surface area contributed by atoms with Crippen molar-refractivity contribution in [3.8, 4) is 5.75 Å². The Morgan fingerprint density at radius 3 is 2.74 bits per heavy atom. The van der Waals surface area contributed by atoms with Crippen molar-refractivity contribution in [2.75, 3.05) is 18.9 Å². The van der Waals surface area contributed by atoms with Crippen molar-refractivity contribution in [1.82, 2.24) is 0 Å². The molecular formula is C15H23NO3. The summed E-state index contributed by atoms with van der Waals surface area (Å²) in [5.41, 5.74) is 6.54. The maximum atomic E-state index is 11.7. The molecule has 106 valence electrons. The fourth-order valence-corrected chi connectivity index (χ4v) is 1.83. The summed E-state index contributed by atoms with van der Waals surface area (Å²) in [5.74, 6) is 0.737. The van der Waals surface area contributed by atoms with Crippen LogP contribution in [0.2, 0.25) is 0 Å². The van der Waals surface area contributed by atoms with E-state index in [-0.39, 0.29) is 0 Å². The van der Waals surface area contributed by atoms with Gasteiger partial charge in [0, 0.05) is 5.69 Å². The van der Waals surface area contributed by atoms with Crippen LogP contribution in [0.1, 0.15) is 44.0 Å². The molecule has 0 fully saturated rings. The minimum absolute atomic E-state index is 0.330. The number of ether oxygens (including phenoxy) is 2. The smallest absolute Gasteiger partial charge is 0.340 e. The Hall–Kier alpha value is -1.71. The lowest BCUT2D eigenvalue weighted by atomic mass is 10.1. The van der Waals surface area contributed by atoms with E-state index in [1.54, 1.807) is 25.1 Å². The van der Waals surface area contributed by atoms with E-state index >= 15 is 0 Å². The highest BCUT2D eigenvalue weighted by Crippen LogP contribution is 2.21. The van der Waals surface area contributed by atoms with Crippen LogP contribution in [0, 0.1) is 5.92 Å².